The van der Waals surface area contributed by atoms with Crippen molar-refractivity contribution in [2.75, 3.05) is 0 Å². The number of benzene rings is 2. The monoisotopic (exact) mass is 445 g/mol. The molecule has 2 aromatic heterocycles. The summed E-state index contributed by atoms with van der Waals surface area (Å²) in [6.07, 6.45) is 1.80. The van der Waals surface area contributed by atoms with Crippen LogP contribution in [0, 0.1) is 0 Å². The molecule has 1 aliphatic heterocycles. The molecule has 4 aromatic rings. The van der Waals surface area contributed by atoms with Crippen molar-refractivity contribution < 1.29 is 4.42 Å². The van der Waals surface area contributed by atoms with E-state index in [-0.39, 0.29) is 12.1 Å². The predicted octanol–water partition coefficient (Wildman–Crippen LogP) is 6.17. The van der Waals surface area contributed by atoms with Gasteiger partial charge in [0.15, 0.2) is 5.11 Å². The van der Waals surface area contributed by atoms with Gasteiger partial charge in [0.25, 0.3) is 0 Å². The molecule has 2 aromatic carbocycles. The quantitative estimate of drug-likeness (QED) is 0.372. The van der Waals surface area contributed by atoms with Crippen LogP contribution in [0.4, 0.5) is 0 Å². The van der Waals surface area contributed by atoms with E-state index in [9.17, 15) is 0 Å². The van der Waals surface area contributed by atoms with Crippen molar-refractivity contribution in [1.29, 1.82) is 0 Å². The Bertz CT molecular complexity index is 1180. The highest BCUT2D eigenvalue weighted by Crippen LogP contribution is 2.41. The second-order valence-corrected chi connectivity index (χ2v) is 8.27. The summed E-state index contributed by atoms with van der Waals surface area (Å²) in [5.74, 6) is 1.63. The third kappa shape index (κ3) is 4.07. The SMILES string of the molecule is S=C1N[C@H](c2ccccn2)[C@@H](c2ccc(-c3ccc(Cl)cc3)o2)N1Cc1ccccc1. The minimum Gasteiger partial charge on any atom is -0.459 e. The molecule has 0 unspecified atom stereocenters. The van der Waals surface area contributed by atoms with E-state index in [4.69, 9.17) is 28.2 Å². The number of hydrogen-bond acceptors (Lipinski definition) is 3. The number of aromatic nitrogens is 1. The van der Waals surface area contributed by atoms with E-state index in [1.165, 1.54) is 5.56 Å². The van der Waals surface area contributed by atoms with Gasteiger partial charge in [0.05, 0.1) is 11.7 Å². The molecule has 5 rings (SSSR count). The van der Waals surface area contributed by atoms with Crippen LogP contribution in [0.3, 0.4) is 0 Å². The lowest BCUT2D eigenvalue weighted by atomic mass is 10.0. The van der Waals surface area contributed by atoms with Gasteiger partial charge in [-0.2, -0.15) is 0 Å². The summed E-state index contributed by atoms with van der Waals surface area (Å²) in [4.78, 5) is 6.76. The van der Waals surface area contributed by atoms with E-state index in [0.717, 1.165) is 22.8 Å². The van der Waals surface area contributed by atoms with Crippen molar-refractivity contribution in [3.63, 3.8) is 0 Å². The Labute approximate surface area is 191 Å². The molecule has 0 saturated carbocycles. The summed E-state index contributed by atoms with van der Waals surface area (Å²) < 4.78 is 6.35. The third-order valence-electron chi connectivity index (χ3n) is 5.44. The molecule has 0 bridgehead atoms. The largest absolute Gasteiger partial charge is 0.459 e. The molecule has 0 spiro atoms. The summed E-state index contributed by atoms with van der Waals surface area (Å²) in [7, 11) is 0. The molecule has 1 saturated heterocycles. The van der Waals surface area contributed by atoms with E-state index in [1.807, 2.05) is 72.8 Å². The number of nitrogens with one attached hydrogen (secondary N) is 1. The van der Waals surface area contributed by atoms with E-state index in [0.29, 0.717) is 16.7 Å². The molecule has 0 aliphatic carbocycles. The fourth-order valence-corrected chi connectivity index (χ4v) is 4.38. The van der Waals surface area contributed by atoms with Gasteiger partial charge in [-0.15, -0.1) is 0 Å². The Morgan fingerprint density at radius 1 is 0.935 bits per heavy atom. The molecule has 1 N–H and O–H groups in total. The normalized spacial score (nSPS) is 18.2. The first-order valence-electron chi connectivity index (χ1n) is 10.1. The van der Waals surface area contributed by atoms with Crippen LogP contribution >= 0.6 is 23.8 Å². The zero-order valence-corrected chi connectivity index (χ0v) is 18.2. The highest BCUT2D eigenvalue weighted by Gasteiger charge is 2.41. The number of nitrogens with zero attached hydrogens (tertiary/aromatic N) is 2. The molecule has 31 heavy (non-hydrogen) atoms. The average molecular weight is 446 g/mol. The summed E-state index contributed by atoms with van der Waals surface area (Å²) >= 11 is 11.8. The highest BCUT2D eigenvalue weighted by atomic mass is 35.5. The average Bonchev–Trinajstić information content (AvgIpc) is 3.41. The maximum Gasteiger partial charge on any atom is 0.170 e. The van der Waals surface area contributed by atoms with Crippen molar-refractivity contribution in [3.8, 4) is 11.3 Å². The number of pyridine rings is 1. The molecular weight excluding hydrogens is 426 g/mol. The van der Waals surface area contributed by atoms with Gasteiger partial charge in [0, 0.05) is 23.3 Å². The molecule has 0 radical (unpaired) electrons. The minimum atomic E-state index is -0.122. The van der Waals surface area contributed by atoms with Crippen LogP contribution in [0.2, 0.25) is 5.02 Å². The fraction of sp³-hybridized carbons (Fsp3) is 0.120. The fourth-order valence-electron chi connectivity index (χ4n) is 3.95. The topological polar surface area (TPSA) is 41.3 Å². The van der Waals surface area contributed by atoms with Crippen molar-refractivity contribution >= 4 is 28.9 Å². The van der Waals surface area contributed by atoms with Crippen LogP contribution in [-0.2, 0) is 6.54 Å². The first-order chi connectivity index (χ1) is 15.2. The Morgan fingerprint density at radius 2 is 1.71 bits per heavy atom. The van der Waals surface area contributed by atoms with E-state index in [2.05, 4.69) is 27.3 Å². The van der Waals surface area contributed by atoms with Gasteiger partial charge < -0.3 is 14.6 Å². The molecule has 154 valence electrons. The maximum absolute atomic E-state index is 6.35. The van der Waals surface area contributed by atoms with Crippen LogP contribution < -0.4 is 5.32 Å². The molecule has 0 amide bonds. The van der Waals surface area contributed by atoms with Gasteiger partial charge in [-0.25, -0.2) is 0 Å². The zero-order valence-electron chi connectivity index (χ0n) is 16.6. The molecule has 3 heterocycles. The summed E-state index contributed by atoms with van der Waals surface area (Å²) in [6, 6.07) is 27.7. The second kappa shape index (κ2) is 8.53. The summed E-state index contributed by atoms with van der Waals surface area (Å²) in [6.45, 7) is 0.678. The number of furan rings is 1. The molecule has 1 aliphatic rings. The molecule has 1 fully saturated rings. The minimum absolute atomic E-state index is 0.110. The van der Waals surface area contributed by atoms with Gasteiger partial charge in [0.1, 0.15) is 17.6 Å². The lowest BCUT2D eigenvalue weighted by molar-refractivity contribution is 0.269. The Morgan fingerprint density at radius 3 is 2.45 bits per heavy atom. The van der Waals surface area contributed by atoms with Gasteiger partial charge in [-0.3, -0.25) is 4.98 Å². The van der Waals surface area contributed by atoms with Crippen LogP contribution in [-0.4, -0.2) is 15.0 Å². The van der Waals surface area contributed by atoms with Crippen LogP contribution in [0.25, 0.3) is 11.3 Å². The van der Waals surface area contributed by atoms with E-state index >= 15 is 0 Å². The van der Waals surface area contributed by atoms with E-state index < -0.39 is 0 Å². The van der Waals surface area contributed by atoms with Gasteiger partial charge in [-0.1, -0.05) is 48.0 Å². The zero-order chi connectivity index (χ0) is 21.2. The molecule has 6 heteroatoms. The summed E-state index contributed by atoms with van der Waals surface area (Å²) in [5.41, 5.74) is 3.09. The Kier molecular flexibility index (Phi) is 5.45. The van der Waals surface area contributed by atoms with E-state index in [1.54, 1.807) is 6.20 Å². The second-order valence-electron chi connectivity index (χ2n) is 7.45. The smallest absolute Gasteiger partial charge is 0.170 e. The lowest BCUT2D eigenvalue weighted by Gasteiger charge is -2.26. The Hall–Kier alpha value is -3.15. The number of hydrogen-bond donors (Lipinski definition) is 1. The third-order valence-corrected chi connectivity index (χ3v) is 6.04. The standard InChI is InChI=1S/C25H20ClN3OS/c26-19-11-9-18(10-12-19)21-13-14-22(30-21)24-23(20-8-4-5-15-27-20)28-25(31)29(24)16-17-6-2-1-3-7-17/h1-15,23-24H,16H2,(H,28,31)/t23-,24-/m1/s1. The van der Waals surface area contributed by atoms with Crippen LogP contribution in [0.15, 0.2) is 95.5 Å². The van der Waals surface area contributed by atoms with Gasteiger partial charge in [-0.05, 0) is 66.3 Å². The number of thiocarbonyl (C=S) groups is 1. The number of halogens is 1. The Balaban J connectivity index is 1.53. The van der Waals surface area contributed by atoms with Crippen molar-refractivity contribution in [2.24, 2.45) is 0 Å². The van der Waals surface area contributed by atoms with Gasteiger partial charge >= 0.3 is 0 Å². The molecule has 4 nitrogen and oxygen atoms in total. The summed E-state index contributed by atoms with van der Waals surface area (Å²) in [5, 5.41) is 4.85. The lowest BCUT2D eigenvalue weighted by Crippen LogP contribution is -2.29. The van der Waals surface area contributed by atoms with Crippen LogP contribution in [0.1, 0.15) is 29.1 Å². The predicted molar refractivity (Wildman–Crippen MR) is 127 cm³/mol. The number of rotatable bonds is 5. The van der Waals surface area contributed by atoms with Crippen molar-refractivity contribution in [2.45, 2.75) is 18.6 Å². The van der Waals surface area contributed by atoms with Crippen molar-refractivity contribution in [3.05, 3.63) is 113 Å². The van der Waals surface area contributed by atoms with Gasteiger partial charge in [0.2, 0.25) is 0 Å². The molecule has 2 atom stereocenters. The molecular formula is C25H20ClN3OS. The first-order valence-corrected chi connectivity index (χ1v) is 10.9. The van der Waals surface area contributed by atoms with Crippen LogP contribution in [0.5, 0.6) is 0 Å². The van der Waals surface area contributed by atoms with Crippen molar-refractivity contribution in [1.82, 2.24) is 15.2 Å². The first kappa shape index (κ1) is 19.8. The maximum atomic E-state index is 6.35. The highest BCUT2D eigenvalue weighted by molar-refractivity contribution is 7.80.